The van der Waals surface area contributed by atoms with E-state index in [-0.39, 0.29) is 29.3 Å². The molecule has 1 aromatic carbocycles. The minimum atomic E-state index is -0.591. The number of aromatic nitrogens is 2. The first-order valence-corrected chi connectivity index (χ1v) is 13.3. The van der Waals surface area contributed by atoms with E-state index in [4.69, 9.17) is 0 Å². The Morgan fingerprint density at radius 2 is 1.92 bits per heavy atom. The molecule has 0 aliphatic carbocycles. The number of carbonyl (C=O) groups is 3. The Labute approximate surface area is 215 Å². The Morgan fingerprint density at radius 1 is 1.11 bits per heavy atom. The van der Waals surface area contributed by atoms with E-state index in [2.05, 4.69) is 15.3 Å². The Bertz CT molecular complexity index is 1270. The second kappa shape index (κ2) is 10.4. The summed E-state index contributed by atoms with van der Waals surface area (Å²) >= 11 is 1.39. The lowest BCUT2D eigenvalue weighted by molar-refractivity contribution is -0.137. The highest BCUT2D eigenvalue weighted by molar-refractivity contribution is 7.17. The molecular weight excluding hydrogens is 472 g/mol. The summed E-state index contributed by atoms with van der Waals surface area (Å²) in [7, 11) is 0. The van der Waals surface area contributed by atoms with E-state index in [1.165, 1.54) is 11.3 Å². The monoisotopic (exact) mass is 502 g/mol. The van der Waals surface area contributed by atoms with Crippen LogP contribution < -0.4 is 5.32 Å². The predicted molar refractivity (Wildman–Crippen MR) is 139 cm³/mol. The Morgan fingerprint density at radius 3 is 2.64 bits per heavy atom. The van der Waals surface area contributed by atoms with Crippen LogP contribution in [-0.4, -0.2) is 58.5 Å². The molecule has 2 aromatic heterocycles. The third-order valence-corrected chi connectivity index (χ3v) is 8.47. The maximum atomic E-state index is 13.7. The van der Waals surface area contributed by atoms with E-state index < -0.39 is 5.92 Å². The fraction of sp³-hybridized carbons (Fsp3) is 0.393. The van der Waals surface area contributed by atoms with Crippen LogP contribution >= 0.6 is 11.3 Å². The molecule has 3 atom stereocenters. The van der Waals surface area contributed by atoms with Crippen molar-refractivity contribution in [3.05, 3.63) is 70.5 Å². The lowest BCUT2D eigenvalue weighted by Gasteiger charge is -2.39. The molecular formula is C28H30N4O3S. The molecule has 2 saturated heterocycles. The van der Waals surface area contributed by atoms with E-state index in [1.54, 1.807) is 6.20 Å². The zero-order valence-electron chi connectivity index (χ0n) is 20.6. The number of Topliss-reactive ketones (excluding diaryl/α,β-unsaturated/α-hetero) is 2. The molecule has 3 aromatic rings. The van der Waals surface area contributed by atoms with Crippen molar-refractivity contribution in [2.24, 2.45) is 11.8 Å². The first-order chi connectivity index (χ1) is 17.4. The fourth-order valence-corrected chi connectivity index (χ4v) is 6.26. The third kappa shape index (κ3) is 4.88. The minimum absolute atomic E-state index is 0.0104. The summed E-state index contributed by atoms with van der Waals surface area (Å²) in [5.41, 5.74) is 3.55. The largest absolute Gasteiger partial charge is 0.337 e. The fourth-order valence-electron chi connectivity index (χ4n) is 5.23. The number of nitrogens with one attached hydrogen (secondary N) is 1. The Kier molecular flexibility index (Phi) is 7.07. The van der Waals surface area contributed by atoms with Gasteiger partial charge < -0.3 is 10.2 Å². The second-order valence-corrected chi connectivity index (χ2v) is 10.7. The number of hydrogen-bond acceptors (Lipinski definition) is 7. The topological polar surface area (TPSA) is 92.3 Å². The van der Waals surface area contributed by atoms with Gasteiger partial charge in [0.25, 0.3) is 5.91 Å². The molecule has 0 bridgehead atoms. The van der Waals surface area contributed by atoms with Crippen molar-refractivity contribution in [3.63, 3.8) is 0 Å². The highest BCUT2D eigenvalue weighted by Crippen LogP contribution is 2.37. The van der Waals surface area contributed by atoms with Crippen LogP contribution in [0.4, 0.5) is 0 Å². The van der Waals surface area contributed by atoms with Crippen molar-refractivity contribution >= 4 is 28.8 Å². The van der Waals surface area contributed by atoms with Crippen LogP contribution in [0.3, 0.4) is 0 Å². The highest BCUT2D eigenvalue weighted by Gasteiger charge is 2.42. The molecule has 2 aliphatic heterocycles. The average molecular weight is 503 g/mol. The number of aryl methyl sites for hydroxylation is 2. The van der Waals surface area contributed by atoms with Crippen LogP contribution in [0.15, 0.2) is 48.7 Å². The molecule has 0 spiro atoms. The van der Waals surface area contributed by atoms with E-state index in [9.17, 15) is 14.4 Å². The summed E-state index contributed by atoms with van der Waals surface area (Å²) in [5, 5.41) is 3.97. The van der Waals surface area contributed by atoms with Gasteiger partial charge in [-0.15, -0.1) is 11.3 Å². The quantitative estimate of drug-likeness (QED) is 0.534. The number of carbonyl (C=O) groups excluding carboxylic acids is 3. The molecule has 0 radical (unpaired) electrons. The molecule has 5 rings (SSSR count). The van der Waals surface area contributed by atoms with Crippen LogP contribution in [0.25, 0.3) is 10.6 Å². The second-order valence-electron chi connectivity index (χ2n) is 9.66. The lowest BCUT2D eigenvalue weighted by atomic mass is 9.73. The van der Waals surface area contributed by atoms with Gasteiger partial charge in [-0.25, -0.2) is 4.98 Å². The van der Waals surface area contributed by atoms with Gasteiger partial charge in [0.15, 0.2) is 0 Å². The molecule has 186 valence electrons. The molecule has 4 heterocycles. The van der Waals surface area contributed by atoms with Crippen LogP contribution in [-0.2, 0) is 9.59 Å². The number of rotatable bonds is 5. The molecule has 0 saturated carbocycles. The normalized spacial score (nSPS) is 22.4. The smallest absolute Gasteiger partial charge is 0.265 e. The molecule has 1 N–H and O–H groups in total. The molecule has 1 unspecified atom stereocenters. The van der Waals surface area contributed by atoms with E-state index in [1.807, 2.05) is 61.2 Å². The SMILES string of the molecule is Cc1ccc(-c2nc(C)c(C(=O)N3CC[C@@H](C(=O)C4CNCCC4=O)[C@H](c4ccccc4)C3)s2)cn1. The van der Waals surface area contributed by atoms with Crippen LogP contribution in [0, 0.1) is 25.7 Å². The van der Waals surface area contributed by atoms with Gasteiger partial charge >= 0.3 is 0 Å². The lowest BCUT2D eigenvalue weighted by Crippen LogP contribution is -2.49. The van der Waals surface area contributed by atoms with Crippen LogP contribution in [0.5, 0.6) is 0 Å². The van der Waals surface area contributed by atoms with Crippen molar-refractivity contribution < 1.29 is 14.4 Å². The summed E-state index contributed by atoms with van der Waals surface area (Å²) in [6.07, 6.45) is 2.72. The van der Waals surface area contributed by atoms with Gasteiger partial charge in [-0.3, -0.25) is 19.4 Å². The number of hydrogen-bond donors (Lipinski definition) is 1. The Balaban J connectivity index is 1.39. The summed E-state index contributed by atoms with van der Waals surface area (Å²) in [5.74, 6) is -1.05. The van der Waals surface area contributed by atoms with Crippen LogP contribution in [0.2, 0.25) is 0 Å². The number of ketones is 2. The maximum absolute atomic E-state index is 13.7. The summed E-state index contributed by atoms with van der Waals surface area (Å²) in [6, 6.07) is 13.8. The van der Waals surface area contributed by atoms with Crippen molar-refractivity contribution in [2.45, 2.75) is 32.6 Å². The Hall–Kier alpha value is -3.23. The zero-order chi connectivity index (χ0) is 25.2. The van der Waals surface area contributed by atoms with E-state index >= 15 is 0 Å². The van der Waals surface area contributed by atoms with E-state index in [0.717, 1.165) is 21.8 Å². The predicted octanol–water partition coefficient (Wildman–Crippen LogP) is 3.82. The van der Waals surface area contributed by atoms with Gasteiger partial charge in [0.05, 0.1) is 11.6 Å². The number of pyridine rings is 1. The number of likely N-dealkylation sites (tertiary alicyclic amines) is 1. The van der Waals surface area contributed by atoms with Crippen LogP contribution in [0.1, 0.15) is 45.4 Å². The molecule has 1 amide bonds. The van der Waals surface area contributed by atoms with Gasteiger partial charge in [-0.05, 0) is 38.0 Å². The van der Waals surface area contributed by atoms with Gasteiger partial charge in [0.1, 0.15) is 21.5 Å². The summed E-state index contributed by atoms with van der Waals surface area (Å²) < 4.78 is 0. The van der Waals surface area contributed by atoms with Crippen molar-refractivity contribution in [1.82, 2.24) is 20.2 Å². The maximum Gasteiger partial charge on any atom is 0.265 e. The number of nitrogens with zero attached hydrogens (tertiary/aromatic N) is 3. The number of benzene rings is 1. The number of amides is 1. The standard InChI is InChI=1S/C28H30N4O3S/c1-17-8-9-20(14-30-17)27-31-18(2)26(36-27)28(35)32-13-11-21(23(16-32)19-6-4-3-5-7-19)25(34)22-15-29-12-10-24(22)33/h3-9,14,21-23,29H,10-13,15-16H2,1-2H3/t21-,22?,23+/m1/s1. The molecule has 7 nitrogen and oxygen atoms in total. The van der Waals surface area contributed by atoms with Gasteiger partial charge in [0, 0.05) is 61.9 Å². The first-order valence-electron chi connectivity index (χ1n) is 12.4. The van der Waals surface area contributed by atoms with Gasteiger partial charge in [0.2, 0.25) is 0 Å². The third-order valence-electron chi connectivity index (χ3n) is 7.27. The van der Waals surface area contributed by atoms with Crippen molar-refractivity contribution in [2.75, 3.05) is 26.2 Å². The van der Waals surface area contributed by atoms with Crippen molar-refractivity contribution in [3.8, 4) is 10.6 Å². The number of thiazole rings is 1. The minimum Gasteiger partial charge on any atom is -0.337 e. The first kappa shape index (κ1) is 24.5. The average Bonchev–Trinajstić information content (AvgIpc) is 3.30. The highest BCUT2D eigenvalue weighted by atomic mass is 32.1. The van der Waals surface area contributed by atoms with E-state index in [0.29, 0.717) is 49.6 Å². The van der Waals surface area contributed by atoms with Crippen molar-refractivity contribution in [1.29, 1.82) is 0 Å². The van der Waals surface area contributed by atoms with Gasteiger partial charge in [-0.1, -0.05) is 30.3 Å². The molecule has 2 fully saturated rings. The molecule has 8 heteroatoms. The van der Waals surface area contributed by atoms with Gasteiger partial charge in [-0.2, -0.15) is 0 Å². The molecule has 36 heavy (non-hydrogen) atoms. The zero-order valence-corrected chi connectivity index (χ0v) is 21.4. The number of piperidine rings is 2. The molecule has 2 aliphatic rings. The summed E-state index contributed by atoms with van der Waals surface area (Å²) in [4.78, 5) is 51.2. The summed E-state index contributed by atoms with van der Waals surface area (Å²) in [6.45, 7) is 5.76.